The Morgan fingerprint density at radius 3 is 2.65 bits per heavy atom. The van der Waals surface area contributed by atoms with Crippen LogP contribution in [0.2, 0.25) is 5.02 Å². The monoisotopic (exact) mass is 298 g/mol. The van der Waals surface area contributed by atoms with Crippen molar-refractivity contribution >= 4 is 17.5 Å². The van der Waals surface area contributed by atoms with Crippen molar-refractivity contribution in [1.82, 2.24) is 5.32 Å². The number of nitrogens with two attached hydrogens (primary N) is 1. The zero-order chi connectivity index (χ0) is 15.3. The Hall–Kier alpha value is -1.26. The Balaban J connectivity index is 2.60. The maximum absolute atomic E-state index is 11.8. The van der Waals surface area contributed by atoms with Crippen LogP contribution in [0.4, 0.5) is 0 Å². The lowest BCUT2D eigenvalue weighted by atomic mass is 10.0. The maximum Gasteiger partial charge on any atom is 0.258 e. The highest BCUT2D eigenvalue weighted by Crippen LogP contribution is 2.27. The third kappa shape index (κ3) is 5.02. The van der Waals surface area contributed by atoms with Crippen LogP contribution in [0.15, 0.2) is 18.2 Å². The highest BCUT2D eigenvalue weighted by molar-refractivity contribution is 6.32. The minimum Gasteiger partial charge on any atom is -0.482 e. The van der Waals surface area contributed by atoms with E-state index in [0.29, 0.717) is 10.8 Å². The molecule has 1 aromatic rings. The van der Waals surface area contributed by atoms with Gasteiger partial charge < -0.3 is 15.8 Å². The zero-order valence-electron chi connectivity index (χ0n) is 12.5. The standard InChI is InChI=1S/C15H23ClN2O2/c1-5-15(3,4)18-14(19)9-20-13-7-6-11(10(2)17)8-12(13)16/h6-8,10H,5,9,17H2,1-4H3,(H,18,19)/t10-/m1/s1. The van der Waals surface area contributed by atoms with Crippen LogP contribution < -0.4 is 15.8 Å². The number of benzene rings is 1. The Morgan fingerprint density at radius 1 is 1.50 bits per heavy atom. The van der Waals surface area contributed by atoms with Crippen molar-refractivity contribution in [2.45, 2.75) is 45.7 Å². The summed E-state index contributed by atoms with van der Waals surface area (Å²) in [5.74, 6) is 0.324. The van der Waals surface area contributed by atoms with Crippen molar-refractivity contribution in [2.75, 3.05) is 6.61 Å². The number of hydrogen-bond donors (Lipinski definition) is 2. The van der Waals surface area contributed by atoms with Crippen molar-refractivity contribution in [2.24, 2.45) is 5.73 Å². The Kier molecular flexibility index (Phi) is 5.84. The molecule has 0 heterocycles. The lowest BCUT2D eigenvalue weighted by molar-refractivity contribution is -0.124. The predicted molar refractivity (Wildman–Crippen MR) is 82.1 cm³/mol. The van der Waals surface area contributed by atoms with Gasteiger partial charge in [0.15, 0.2) is 6.61 Å². The topological polar surface area (TPSA) is 64.3 Å². The molecular formula is C15H23ClN2O2. The van der Waals surface area contributed by atoms with Gasteiger partial charge in [-0.15, -0.1) is 0 Å². The molecule has 0 unspecified atom stereocenters. The third-order valence-electron chi connectivity index (χ3n) is 3.20. The third-order valence-corrected chi connectivity index (χ3v) is 3.50. The molecule has 3 N–H and O–H groups in total. The largest absolute Gasteiger partial charge is 0.482 e. The molecule has 1 amide bonds. The molecule has 0 saturated heterocycles. The van der Waals surface area contributed by atoms with E-state index in [9.17, 15) is 4.79 Å². The van der Waals surface area contributed by atoms with Crippen LogP contribution in [0.1, 0.15) is 45.7 Å². The minimum atomic E-state index is -0.233. The van der Waals surface area contributed by atoms with Crippen molar-refractivity contribution in [1.29, 1.82) is 0 Å². The fourth-order valence-corrected chi connectivity index (χ4v) is 1.81. The number of carbonyl (C=O) groups excluding carboxylic acids is 1. The fraction of sp³-hybridized carbons (Fsp3) is 0.533. The van der Waals surface area contributed by atoms with E-state index in [4.69, 9.17) is 22.1 Å². The summed E-state index contributed by atoms with van der Waals surface area (Å²) < 4.78 is 5.44. The molecule has 0 bridgehead atoms. The van der Waals surface area contributed by atoms with E-state index in [-0.39, 0.29) is 24.1 Å². The van der Waals surface area contributed by atoms with Crippen LogP contribution in [-0.4, -0.2) is 18.1 Å². The lowest BCUT2D eigenvalue weighted by Crippen LogP contribution is -2.44. The van der Waals surface area contributed by atoms with Gasteiger partial charge >= 0.3 is 0 Å². The van der Waals surface area contributed by atoms with Gasteiger partial charge in [0, 0.05) is 11.6 Å². The van der Waals surface area contributed by atoms with E-state index in [1.165, 1.54) is 0 Å². The Morgan fingerprint density at radius 2 is 2.15 bits per heavy atom. The summed E-state index contributed by atoms with van der Waals surface area (Å²) >= 11 is 6.11. The number of hydrogen-bond acceptors (Lipinski definition) is 3. The van der Waals surface area contributed by atoms with Gasteiger partial charge in [0.05, 0.1) is 5.02 Å². The molecule has 1 aromatic carbocycles. The molecule has 1 atom stereocenters. The zero-order valence-corrected chi connectivity index (χ0v) is 13.3. The summed E-state index contributed by atoms with van der Waals surface area (Å²) in [6.45, 7) is 7.78. The van der Waals surface area contributed by atoms with Crippen molar-refractivity contribution in [3.63, 3.8) is 0 Å². The van der Waals surface area contributed by atoms with Gasteiger partial charge in [-0.1, -0.05) is 24.6 Å². The molecule has 5 heteroatoms. The first-order valence-electron chi connectivity index (χ1n) is 6.74. The molecule has 0 aliphatic carbocycles. The van der Waals surface area contributed by atoms with Crippen molar-refractivity contribution in [3.05, 3.63) is 28.8 Å². The van der Waals surface area contributed by atoms with Crippen LogP contribution in [0.3, 0.4) is 0 Å². The second-order valence-electron chi connectivity index (χ2n) is 5.55. The summed E-state index contributed by atoms with van der Waals surface area (Å²) in [7, 11) is 0. The molecule has 0 saturated carbocycles. The SMILES string of the molecule is CCC(C)(C)NC(=O)COc1ccc([C@@H](C)N)cc1Cl. The van der Waals surface area contributed by atoms with Gasteiger partial charge in [-0.2, -0.15) is 0 Å². The van der Waals surface area contributed by atoms with Gasteiger partial charge in [-0.05, 0) is 44.9 Å². The molecule has 0 fully saturated rings. The molecule has 1 rings (SSSR count). The van der Waals surface area contributed by atoms with Gasteiger partial charge in [-0.3, -0.25) is 4.79 Å². The van der Waals surface area contributed by atoms with E-state index < -0.39 is 0 Å². The average molecular weight is 299 g/mol. The van der Waals surface area contributed by atoms with E-state index in [1.54, 1.807) is 12.1 Å². The van der Waals surface area contributed by atoms with Crippen LogP contribution >= 0.6 is 11.6 Å². The quantitative estimate of drug-likeness (QED) is 0.848. The fourth-order valence-electron chi connectivity index (χ4n) is 1.56. The summed E-state index contributed by atoms with van der Waals surface area (Å²) in [6.07, 6.45) is 0.850. The molecule has 0 aliphatic rings. The maximum atomic E-state index is 11.8. The van der Waals surface area contributed by atoms with Gasteiger partial charge in [0.2, 0.25) is 0 Å². The highest BCUT2D eigenvalue weighted by Gasteiger charge is 2.18. The average Bonchev–Trinajstić information content (AvgIpc) is 2.36. The summed E-state index contributed by atoms with van der Waals surface area (Å²) in [4.78, 5) is 11.8. The summed E-state index contributed by atoms with van der Waals surface area (Å²) in [5.41, 5.74) is 6.47. The molecule has 4 nitrogen and oxygen atoms in total. The smallest absolute Gasteiger partial charge is 0.258 e. The normalized spacial score (nSPS) is 12.9. The number of rotatable bonds is 6. The molecule has 112 valence electrons. The van der Waals surface area contributed by atoms with Crippen LogP contribution in [-0.2, 0) is 4.79 Å². The first-order valence-corrected chi connectivity index (χ1v) is 7.12. The molecule has 0 spiro atoms. The van der Waals surface area contributed by atoms with Crippen LogP contribution in [0.25, 0.3) is 0 Å². The molecule has 0 aromatic heterocycles. The number of amides is 1. The van der Waals surface area contributed by atoms with E-state index in [2.05, 4.69) is 5.32 Å². The molecular weight excluding hydrogens is 276 g/mol. The van der Waals surface area contributed by atoms with E-state index >= 15 is 0 Å². The Bertz CT molecular complexity index is 473. The van der Waals surface area contributed by atoms with Gasteiger partial charge in [-0.25, -0.2) is 0 Å². The first-order chi connectivity index (χ1) is 9.25. The number of carbonyl (C=O) groups is 1. The number of nitrogens with one attached hydrogen (secondary N) is 1. The minimum absolute atomic E-state index is 0.0549. The van der Waals surface area contributed by atoms with E-state index in [1.807, 2.05) is 33.8 Å². The highest BCUT2D eigenvalue weighted by atomic mass is 35.5. The molecule has 20 heavy (non-hydrogen) atoms. The first kappa shape index (κ1) is 16.8. The summed E-state index contributed by atoms with van der Waals surface area (Å²) in [5, 5.41) is 3.36. The second-order valence-corrected chi connectivity index (χ2v) is 5.96. The van der Waals surface area contributed by atoms with Crippen molar-refractivity contribution in [3.8, 4) is 5.75 Å². The van der Waals surface area contributed by atoms with Crippen LogP contribution in [0.5, 0.6) is 5.75 Å². The van der Waals surface area contributed by atoms with Gasteiger partial charge in [0.25, 0.3) is 5.91 Å². The second kappa shape index (κ2) is 6.95. The van der Waals surface area contributed by atoms with Crippen molar-refractivity contribution < 1.29 is 9.53 Å². The molecule has 0 radical (unpaired) electrons. The predicted octanol–water partition coefficient (Wildman–Crippen LogP) is 3.04. The number of halogens is 1. The van der Waals surface area contributed by atoms with Crippen LogP contribution in [0, 0.1) is 0 Å². The number of ether oxygens (including phenoxy) is 1. The van der Waals surface area contributed by atoms with E-state index in [0.717, 1.165) is 12.0 Å². The van der Waals surface area contributed by atoms with Gasteiger partial charge in [0.1, 0.15) is 5.75 Å². The molecule has 0 aliphatic heterocycles. The summed E-state index contributed by atoms with van der Waals surface area (Å²) in [6, 6.07) is 5.25. The lowest BCUT2D eigenvalue weighted by Gasteiger charge is -2.24. The Labute approximate surface area is 125 Å².